The monoisotopic (exact) mass is 337 g/mol. The summed E-state index contributed by atoms with van der Waals surface area (Å²) in [7, 11) is 0. The van der Waals surface area contributed by atoms with Gasteiger partial charge in [0.2, 0.25) is 5.91 Å². The van der Waals surface area contributed by atoms with Crippen LogP contribution in [-0.4, -0.2) is 46.4 Å². The van der Waals surface area contributed by atoms with Crippen molar-refractivity contribution >= 4 is 5.91 Å². The van der Waals surface area contributed by atoms with Crippen LogP contribution in [0.1, 0.15) is 30.7 Å². The molecule has 4 nitrogen and oxygen atoms in total. The molecule has 0 bridgehead atoms. The van der Waals surface area contributed by atoms with Crippen molar-refractivity contribution in [2.75, 3.05) is 19.6 Å². The first-order valence-electron chi connectivity index (χ1n) is 9.15. The summed E-state index contributed by atoms with van der Waals surface area (Å²) in [6.07, 6.45) is 3.25. The standard InChI is InChI=1S/C21H27N3O/c1-3-18-9-10-20(22-14-18)13-21(25)24-12-11-23(15-17(24)2)16-19-7-5-4-6-8-19/h4-10,14,17H,3,11-13,15-16H2,1-2H3/t17-/m1/s1. The van der Waals surface area contributed by atoms with Gasteiger partial charge in [-0.05, 0) is 30.5 Å². The molecular formula is C21H27N3O. The van der Waals surface area contributed by atoms with Crippen LogP contribution in [0.4, 0.5) is 0 Å². The van der Waals surface area contributed by atoms with E-state index in [1.165, 1.54) is 11.1 Å². The number of aryl methyl sites for hydroxylation is 1. The van der Waals surface area contributed by atoms with Gasteiger partial charge in [-0.1, -0.05) is 43.3 Å². The number of hydrogen-bond donors (Lipinski definition) is 0. The lowest BCUT2D eigenvalue weighted by Crippen LogP contribution is -2.54. The van der Waals surface area contributed by atoms with Gasteiger partial charge in [0.05, 0.1) is 6.42 Å². The van der Waals surface area contributed by atoms with Gasteiger partial charge in [-0.25, -0.2) is 0 Å². The summed E-state index contributed by atoms with van der Waals surface area (Å²) in [4.78, 5) is 21.5. The molecule has 1 aliphatic heterocycles. The molecular weight excluding hydrogens is 310 g/mol. The Morgan fingerprint density at radius 2 is 1.92 bits per heavy atom. The van der Waals surface area contributed by atoms with E-state index in [1.807, 2.05) is 23.2 Å². The first kappa shape index (κ1) is 17.6. The molecule has 3 rings (SSSR count). The van der Waals surface area contributed by atoms with E-state index >= 15 is 0 Å². The number of benzene rings is 1. The molecule has 1 amide bonds. The van der Waals surface area contributed by atoms with Gasteiger partial charge in [-0.3, -0.25) is 14.7 Å². The summed E-state index contributed by atoms with van der Waals surface area (Å²) < 4.78 is 0. The molecule has 2 heterocycles. The van der Waals surface area contributed by atoms with Crippen LogP contribution >= 0.6 is 0 Å². The molecule has 1 aromatic heterocycles. The van der Waals surface area contributed by atoms with Crippen molar-refractivity contribution in [3.05, 3.63) is 65.5 Å². The summed E-state index contributed by atoms with van der Waals surface area (Å²) in [5, 5.41) is 0. The van der Waals surface area contributed by atoms with Crippen molar-refractivity contribution < 1.29 is 4.79 Å². The van der Waals surface area contributed by atoms with E-state index in [0.29, 0.717) is 6.42 Å². The second kappa shape index (κ2) is 8.26. The van der Waals surface area contributed by atoms with E-state index in [1.54, 1.807) is 0 Å². The molecule has 0 spiro atoms. The Labute approximate surface area is 150 Å². The zero-order valence-electron chi connectivity index (χ0n) is 15.2. The van der Waals surface area contributed by atoms with Gasteiger partial charge < -0.3 is 4.90 Å². The summed E-state index contributed by atoms with van der Waals surface area (Å²) in [6, 6.07) is 14.8. The molecule has 0 unspecified atom stereocenters. The lowest BCUT2D eigenvalue weighted by atomic mass is 10.1. The van der Waals surface area contributed by atoms with Gasteiger partial charge >= 0.3 is 0 Å². The molecule has 0 aliphatic carbocycles. The zero-order valence-corrected chi connectivity index (χ0v) is 15.2. The van der Waals surface area contributed by atoms with Crippen molar-refractivity contribution in [1.29, 1.82) is 0 Å². The average Bonchev–Trinajstić information content (AvgIpc) is 2.63. The fourth-order valence-electron chi connectivity index (χ4n) is 3.41. The minimum atomic E-state index is 0.184. The van der Waals surface area contributed by atoms with Crippen molar-refractivity contribution in [1.82, 2.24) is 14.8 Å². The summed E-state index contributed by atoms with van der Waals surface area (Å²) >= 11 is 0. The molecule has 0 N–H and O–H groups in total. The Morgan fingerprint density at radius 3 is 2.56 bits per heavy atom. The maximum absolute atomic E-state index is 12.7. The number of pyridine rings is 1. The van der Waals surface area contributed by atoms with E-state index < -0.39 is 0 Å². The van der Waals surface area contributed by atoms with Gasteiger partial charge in [0, 0.05) is 44.1 Å². The summed E-state index contributed by atoms with van der Waals surface area (Å²) in [6.45, 7) is 7.84. The van der Waals surface area contributed by atoms with Crippen LogP contribution in [0.3, 0.4) is 0 Å². The normalized spacial score (nSPS) is 18.3. The quantitative estimate of drug-likeness (QED) is 0.842. The van der Waals surface area contributed by atoms with Crippen LogP contribution in [-0.2, 0) is 24.2 Å². The van der Waals surface area contributed by atoms with Gasteiger partial charge in [-0.2, -0.15) is 0 Å². The highest BCUT2D eigenvalue weighted by atomic mass is 16.2. The van der Waals surface area contributed by atoms with E-state index in [-0.39, 0.29) is 11.9 Å². The minimum absolute atomic E-state index is 0.184. The van der Waals surface area contributed by atoms with Crippen molar-refractivity contribution in [3.8, 4) is 0 Å². The Morgan fingerprint density at radius 1 is 1.12 bits per heavy atom. The van der Waals surface area contributed by atoms with E-state index in [2.05, 4.69) is 54.1 Å². The number of amides is 1. The fraction of sp³-hybridized carbons (Fsp3) is 0.429. The highest BCUT2D eigenvalue weighted by molar-refractivity contribution is 5.78. The molecule has 132 valence electrons. The third-order valence-corrected chi connectivity index (χ3v) is 4.91. The molecule has 1 aromatic carbocycles. The van der Waals surface area contributed by atoms with Crippen LogP contribution in [0.5, 0.6) is 0 Å². The molecule has 0 radical (unpaired) electrons. The molecule has 1 aliphatic rings. The number of carbonyl (C=O) groups is 1. The second-order valence-corrected chi connectivity index (χ2v) is 6.84. The van der Waals surface area contributed by atoms with Gasteiger partial charge in [-0.15, -0.1) is 0 Å². The van der Waals surface area contributed by atoms with Crippen molar-refractivity contribution in [3.63, 3.8) is 0 Å². The van der Waals surface area contributed by atoms with Gasteiger partial charge in [0.1, 0.15) is 0 Å². The zero-order chi connectivity index (χ0) is 17.6. The lowest BCUT2D eigenvalue weighted by Gasteiger charge is -2.40. The Bertz CT molecular complexity index is 684. The highest BCUT2D eigenvalue weighted by Crippen LogP contribution is 2.14. The van der Waals surface area contributed by atoms with E-state index in [4.69, 9.17) is 0 Å². The second-order valence-electron chi connectivity index (χ2n) is 6.84. The first-order valence-corrected chi connectivity index (χ1v) is 9.15. The van der Waals surface area contributed by atoms with Crippen LogP contribution in [0.15, 0.2) is 48.7 Å². The number of piperazine rings is 1. The van der Waals surface area contributed by atoms with E-state index in [9.17, 15) is 4.79 Å². The van der Waals surface area contributed by atoms with Crippen LogP contribution in [0.25, 0.3) is 0 Å². The van der Waals surface area contributed by atoms with Crippen molar-refractivity contribution in [2.24, 2.45) is 0 Å². The SMILES string of the molecule is CCc1ccc(CC(=O)N2CCN(Cc3ccccc3)C[C@H]2C)nc1. The van der Waals surface area contributed by atoms with Gasteiger partial charge in [0.25, 0.3) is 0 Å². The van der Waals surface area contributed by atoms with Crippen LogP contribution in [0, 0.1) is 0 Å². The molecule has 25 heavy (non-hydrogen) atoms. The molecule has 2 aromatic rings. The lowest BCUT2D eigenvalue weighted by molar-refractivity contribution is -0.135. The van der Waals surface area contributed by atoms with E-state index in [0.717, 1.165) is 38.3 Å². The Balaban J connectivity index is 1.54. The molecule has 1 atom stereocenters. The largest absolute Gasteiger partial charge is 0.337 e. The highest BCUT2D eigenvalue weighted by Gasteiger charge is 2.27. The number of rotatable bonds is 5. The summed E-state index contributed by atoms with van der Waals surface area (Å²) in [5.74, 6) is 0.184. The molecule has 1 fully saturated rings. The topological polar surface area (TPSA) is 36.4 Å². The smallest absolute Gasteiger partial charge is 0.228 e. The maximum atomic E-state index is 12.7. The molecule has 1 saturated heterocycles. The molecule has 0 saturated carbocycles. The van der Waals surface area contributed by atoms with Crippen molar-refractivity contribution in [2.45, 2.75) is 39.3 Å². The Hall–Kier alpha value is -2.20. The first-order chi connectivity index (χ1) is 12.2. The number of aromatic nitrogens is 1. The predicted octanol–water partition coefficient (Wildman–Crippen LogP) is 2.92. The predicted molar refractivity (Wildman–Crippen MR) is 100 cm³/mol. The fourth-order valence-corrected chi connectivity index (χ4v) is 3.41. The maximum Gasteiger partial charge on any atom is 0.228 e. The Kier molecular flexibility index (Phi) is 5.82. The van der Waals surface area contributed by atoms with Gasteiger partial charge in [0.15, 0.2) is 0 Å². The average molecular weight is 337 g/mol. The number of carbonyl (C=O) groups excluding carboxylic acids is 1. The van der Waals surface area contributed by atoms with Crippen LogP contribution in [0.2, 0.25) is 0 Å². The third-order valence-electron chi connectivity index (χ3n) is 4.91. The number of hydrogen-bond acceptors (Lipinski definition) is 3. The molecule has 4 heteroatoms. The summed E-state index contributed by atoms with van der Waals surface area (Å²) in [5.41, 5.74) is 3.40. The number of nitrogens with zero attached hydrogens (tertiary/aromatic N) is 3. The minimum Gasteiger partial charge on any atom is -0.337 e. The van der Waals surface area contributed by atoms with Crippen LogP contribution < -0.4 is 0 Å². The third kappa shape index (κ3) is 4.67.